The number of rotatable bonds is 2. The number of aldehydes is 1. The van der Waals surface area contributed by atoms with Gasteiger partial charge in [-0.1, -0.05) is 0 Å². The lowest BCUT2D eigenvalue weighted by Gasteiger charge is -2.04. The Morgan fingerprint density at radius 3 is 2.86 bits per heavy atom. The van der Waals surface area contributed by atoms with Gasteiger partial charge in [0.05, 0.1) is 17.6 Å². The summed E-state index contributed by atoms with van der Waals surface area (Å²) in [6.45, 7) is 1.93. The molecule has 2 aromatic heterocycles. The van der Waals surface area contributed by atoms with Crippen LogP contribution in [0.4, 0.5) is 0 Å². The Balaban J connectivity index is 2.49. The summed E-state index contributed by atoms with van der Waals surface area (Å²) in [7, 11) is 0. The summed E-state index contributed by atoms with van der Waals surface area (Å²) < 4.78 is 1.80. The molecule has 0 radical (unpaired) electrons. The van der Waals surface area contributed by atoms with E-state index in [2.05, 4.69) is 4.98 Å². The van der Waals surface area contributed by atoms with Gasteiger partial charge in [-0.3, -0.25) is 9.78 Å². The normalized spacial score (nSPS) is 10.1. The van der Waals surface area contributed by atoms with Crippen molar-refractivity contribution in [2.75, 3.05) is 0 Å². The van der Waals surface area contributed by atoms with Crippen LogP contribution in [-0.2, 0) is 0 Å². The first-order chi connectivity index (χ1) is 6.81. The molecule has 2 heterocycles. The van der Waals surface area contributed by atoms with E-state index in [1.54, 1.807) is 16.8 Å². The maximum atomic E-state index is 10.7. The molecule has 0 aliphatic rings. The van der Waals surface area contributed by atoms with Crippen LogP contribution in [0.2, 0.25) is 0 Å². The standard InChI is InChI=1S/C11H10N2O/c1-9-4-5-10(7-12-9)13-6-2-3-11(13)8-14/h2-8H,1H3. The monoisotopic (exact) mass is 186 g/mol. The van der Waals surface area contributed by atoms with Gasteiger partial charge in [0.2, 0.25) is 0 Å². The third-order valence-electron chi connectivity index (χ3n) is 2.07. The Hall–Kier alpha value is -1.90. The molecule has 2 rings (SSSR count). The van der Waals surface area contributed by atoms with Crippen LogP contribution in [-0.4, -0.2) is 15.8 Å². The van der Waals surface area contributed by atoms with Crippen LogP contribution < -0.4 is 0 Å². The lowest BCUT2D eigenvalue weighted by atomic mass is 10.3. The number of nitrogens with zero attached hydrogens (tertiary/aromatic N) is 2. The van der Waals surface area contributed by atoms with Crippen molar-refractivity contribution >= 4 is 6.29 Å². The molecule has 70 valence electrons. The average molecular weight is 186 g/mol. The molecular weight excluding hydrogens is 176 g/mol. The van der Waals surface area contributed by atoms with E-state index < -0.39 is 0 Å². The van der Waals surface area contributed by atoms with Crippen molar-refractivity contribution in [1.82, 2.24) is 9.55 Å². The summed E-state index contributed by atoms with van der Waals surface area (Å²) in [5.74, 6) is 0. The largest absolute Gasteiger partial charge is 0.313 e. The van der Waals surface area contributed by atoms with Crippen LogP contribution in [0.3, 0.4) is 0 Å². The quantitative estimate of drug-likeness (QED) is 0.672. The van der Waals surface area contributed by atoms with Crippen molar-refractivity contribution in [3.63, 3.8) is 0 Å². The van der Waals surface area contributed by atoms with E-state index in [-0.39, 0.29) is 0 Å². The van der Waals surface area contributed by atoms with Crippen LogP contribution in [0.25, 0.3) is 5.69 Å². The van der Waals surface area contributed by atoms with E-state index in [4.69, 9.17) is 0 Å². The topological polar surface area (TPSA) is 34.9 Å². The summed E-state index contributed by atoms with van der Waals surface area (Å²) in [6.07, 6.45) is 4.43. The van der Waals surface area contributed by atoms with Crippen molar-refractivity contribution in [3.8, 4) is 5.69 Å². The summed E-state index contributed by atoms with van der Waals surface area (Å²) in [4.78, 5) is 14.9. The zero-order valence-corrected chi connectivity index (χ0v) is 7.84. The van der Waals surface area contributed by atoms with Crippen LogP contribution in [0.15, 0.2) is 36.7 Å². The third kappa shape index (κ3) is 1.44. The number of pyridine rings is 1. The van der Waals surface area contributed by atoms with Gasteiger partial charge in [-0.2, -0.15) is 0 Å². The number of carbonyl (C=O) groups excluding carboxylic acids is 1. The Kier molecular flexibility index (Phi) is 2.14. The van der Waals surface area contributed by atoms with Crippen molar-refractivity contribution in [2.45, 2.75) is 6.92 Å². The highest BCUT2D eigenvalue weighted by atomic mass is 16.1. The van der Waals surface area contributed by atoms with Crippen molar-refractivity contribution in [1.29, 1.82) is 0 Å². The molecule has 0 fully saturated rings. The molecular formula is C11H10N2O. The molecule has 0 unspecified atom stereocenters. The van der Waals surface area contributed by atoms with Gasteiger partial charge < -0.3 is 4.57 Å². The second-order valence-corrected chi connectivity index (χ2v) is 3.08. The first kappa shape index (κ1) is 8.69. The Morgan fingerprint density at radius 2 is 2.21 bits per heavy atom. The highest BCUT2D eigenvalue weighted by molar-refractivity contribution is 5.73. The molecule has 0 saturated carbocycles. The minimum absolute atomic E-state index is 0.635. The first-order valence-corrected chi connectivity index (χ1v) is 4.37. The number of aryl methyl sites for hydroxylation is 1. The zero-order chi connectivity index (χ0) is 9.97. The van der Waals surface area contributed by atoms with E-state index in [9.17, 15) is 4.79 Å². The Labute approximate surface area is 82.0 Å². The molecule has 0 amide bonds. The van der Waals surface area contributed by atoms with Gasteiger partial charge in [0.25, 0.3) is 0 Å². The first-order valence-electron chi connectivity index (χ1n) is 4.37. The van der Waals surface area contributed by atoms with Crippen LogP contribution in [0, 0.1) is 6.92 Å². The van der Waals surface area contributed by atoms with E-state index in [0.29, 0.717) is 5.69 Å². The predicted molar refractivity (Wildman–Crippen MR) is 53.7 cm³/mol. The summed E-state index contributed by atoms with van der Waals surface area (Å²) >= 11 is 0. The Morgan fingerprint density at radius 1 is 1.36 bits per heavy atom. The van der Waals surface area contributed by atoms with Crippen LogP contribution in [0.5, 0.6) is 0 Å². The van der Waals surface area contributed by atoms with E-state index in [1.165, 1.54) is 0 Å². The van der Waals surface area contributed by atoms with Gasteiger partial charge >= 0.3 is 0 Å². The van der Waals surface area contributed by atoms with Crippen LogP contribution in [0.1, 0.15) is 16.2 Å². The van der Waals surface area contributed by atoms with Crippen molar-refractivity contribution < 1.29 is 4.79 Å². The number of aromatic nitrogens is 2. The maximum absolute atomic E-state index is 10.7. The highest BCUT2D eigenvalue weighted by Gasteiger charge is 2.01. The van der Waals surface area contributed by atoms with E-state index >= 15 is 0 Å². The minimum Gasteiger partial charge on any atom is -0.313 e. The molecule has 0 bridgehead atoms. The lowest BCUT2D eigenvalue weighted by molar-refractivity contribution is 0.111. The third-order valence-corrected chi connectivity index (χ3v) is 2.07. The summed E-state index contributed by atoms with van der Waals surface area (Å²) in [5, 5.41) is 0. The molecule has 0 saturated heterocycles. The molecule has 0 aromatic carbocycles. The van der Waals surface area contributed by atoms with E-state index in [0.717, 1.165) is 17.7 Å². The second-order valence-electron chi connectivity index (χ2n) is 3.08. The highest BCUT2D eigenvalue weighted by Crippen LogP contribution is 2.10. The van der Waals surface area contributed by atoms with Gasteiger partial charge in [0.15, 0.2) is 6.29 Å². The average Bonchev–Trinajstić information content (AvgIpc) is 2.67. The molecule has 0 spiro atoms. The number of hydrogen-bond donors (Lipinski definition) is 0. The molecule has 0 atom stereocenters. The fourth-order valence-electron chi connectivity index (χ4n) is 1.33. The van der Waals surface area contributed by atoms with Gasteiger partial charge in [-0.05, 0) is 31.2 Å². The van der Waals surface area contributed by atoms with Crippen molar-refractivity contribution in [2.24, 2.45) is 0 Å². The van der Waals surface area contributed by atoms with Crippen LogP contribution >= 0.6 is 0 Å². The fourth-order valence-corrected chi connectivity index (χ4v) is 1.33. The Bertz CT molecular complexity index is 443. The molecule has 3 heteroatoms. The molecule has 2 aromatic rings. The second kappa shape index (κ2) is 3.46. The number of carbonyl (C=O) groups is 1. The van der Waals surface area contributed by atoms with Gasteiger partial charge in [0.1, 0.15) is 0 Å². The van der Waals surface area contributed by atoms with Crippen molar-refractivity contribution in [3.05, 3.63) is 48.0 Å². The van der Waals surface area contributed by atoms with Gasteiger partial charge in [0, 0.05) is 11.9 Å². The molecule has 3 nitrogen and oxygen atoms in total. The summed E-state index contributed by atoms with van der Waals surface area (Å²) in [5.41, 5.74) is 2.51. The predicted octanol–water partition coefficient (Wildman–Crippen LogP) is 1.99. The van der Waals surface area contributed by atoms with E-state index in [1.807, 2.05) is 31.3 Å². The van der Waals surface area contributed by atoms with Gasteiger partial charge in [-0.15, -0.1) is 0 Å². The zero-order valence-electron chi connectivity index (χ0n) is 7.84. The SMILES string of the molecule is Cc1ccc(-n2cccc2C=O)cn1. The fraction of sp³-hybridized carbons (Fsp3) is 0.0909. The lowest BCUT2D eigenvalue weighted by Crippen LogP contribution is -1.98. The minimum atomic E-state index is 0.635. The molecule has 0 aliphatic carbocycles. The molecule has 14 heavy (non-hydrogen) atoms. The molecule has 0 N–H and O–H groups in total. The van der Waals surface area contributed by atoms with Gasteiger partial charge in [-0.25, -0.2) is 0 Å². The molecule has 0 aliphatic heterocycles. The summed E-state index contributed by atoms with van der Waals surface area (Å²) in [6, 6.07) is 7.47. The maximum Gasteiger partial charge on any atom is 0.166 e. The smallest absolute Gasteiger partial charge is 0.166 e. The number of hydrogen-bond acceptors (Lipinski definition) is 2.